The van der Waals surface area contributed by atoms with Crippen molar-refractivity contribution in [3.05, 3.63) is 64.1 Å². The Morgan fingerprint density at radius 2 is 1.71 bits per heavy atom. The highest BCUT2D eigenvalue weighted by Crippen LogP contribution is 2.33. The predicted molar refractivity (Wildman–Crippen MR) is 90.2 cm³/mol. The Kier molecular flexibility index (Phi) is 5.97. The molecule has 1 unspecified atom stereocenters. The fourth-order valence-electron chi connectivity index (χ4n) is 1.87. The van der Waals surface area contributed by atoms with Crippen LogP contribution in [0.5, 0.6) is 0 Å². The molecule has 0 aromatic heterocycles. The van der Waals surface area contributed by atoms with Gasteiger partial charge in [0.1, 0.15) is 0 Å². The van der Waals surface area contributed by atoms with Crippen molar-refractivity contribution in [3.63, 3.8) is 0 Å². The van der Waals surface area contributed by atoms with Crippen LogP contribution < -0.4 is 5.32 Å². The fourth-order valence-corrected chi connectivity index (χ4v) is 3.36. The molecule has 1 atom stereocenters. The van der Waals surface area contributed by atoms with E-state index in [-0.39, 0.29) is 17.7 Å². The number of hydrogen-bond acceptors (Lipinski definition) is 2. The molecule has 0 saturated heterocycles. The van der Waals surface area contributed by atoms with E-state index in [1.807, 2.05) is 37.3 Å². The molecule has 0 heterocycles. The first-order chi connectivity index (χ1) is 10.1. The van der Waals surface area contributed by atoms with Gasteiger partial charge in [-0.05, 0) is 24.6 Å². The Morgan fingerprint density at radius 3 is 2.33 bits per heavy atom. The topological polar surface area (TPSA) is 29.1 Å². The Morgan fingerprint density at radius 1 is 1.10 bits per heavy atom. The Bertz CT molecular complexity index is 599. The van der Waals surface area contributed by atoms with Crippen molar-refractivity contribution >= 4 is 40.9 Å². The minimum absolute atomic E-state index is 0.0268. The number of halogens is 2. The lowest BCUT2D eigenvalue weighted by Gasteiger charge is -2.14. The van der Waals surface area contributed by atoms with E-state index in [4.69, 9.17) is 23.2 Å². The normalized spacial score (nSPS) is 12.0. The number of carbonyl (C=O) groups is 1. The number of nitrogens with one attached hydrogen (secondary N) is 1. The molecule has 0 aliphatic heterocycles. The monoisotopic (exact) mass is 339 g/mol. The molecule has 2 aromatic carbocycles. The van der Waals surface area contributed by atoms with Gasteiger partial charge in [0.2, 0.25) is 5.91 Å². The lowest BCUT2D eigenvalue weighted by atomic mass is 10.1. The molecule has 2 nitrogen and oxygen atoms in total. The maximum absolute atomic E-state index is 12.0. The van der Waals surface area contributed by atoms with E-state index < -0.39 is 0 Å². The molecule has 110 valence electrons. The molecule has 0 saturated carbocycles. The standard InChI is InChI=1S/C16H15Cl2NOS/c1-11(12-6-3-2-4-7-12)19-15(20)10-21-16-13(17)8-5-9-14(16)18/h2-9,11H,10H2,1H3,(H,19,20). The third-order valence-electron chi connectivity index (χ3n) is 2.94. The largest absolute Gasteiger partial charge is 0.349 e. The van der Waals surface area contributed by atoms with Crippen LogP contribution in [0.1, 0.15) is 18.5 Å². The molecule has 0 aliphatic rings. The summed E-state index contributed by atoms with van der Waals surface area (Å²) in [6, 6.07) is 15.1. The van der Waals surface area contributed by atoms with E-state index in [1.54, 1.807) is 18.2 Å². The zero-order chi connectivity index (χ0) is 15.2. The van der Waals surface area contributed by atoms with Gasteiger partial charge in [-0.25, -0.2) is 0 Å². The first-order valence-corrected chi connectivity index (χ1v) is 8.23. The average Bonchev–Trinajstić information content (AvgIpc) is 2.47. The molecular formula is C16H15Cl2NOS. The summed E-state index contributed by atoms with van der Waals surface area (Å²) >= 11 is 13.5. The third kappa shape index (κ3) is 4.67. The molecule has 1 amide bonds. The molecule has 0 bridgehead atoms. The van der Waals surface area contributed by atoms with Gasteiger partial charge in [-0.3, -0.25) is 4.79 Å². The first kappa shape index (κ1) is 16.2. The Balaban J connectivity index is 1.91. The van der Waals surface area contributed by atoms with Crippen LogP contribution in [0.2, 0.25) is 10.0 Å². The van der Waals surface area contributed by atoms with Gasteiger partial charge in [0.15, 0.2) is 0 Å². The maximum Gasteiger partial charge on any atom is 0.230 e. The third-order valence-corrected chi connectivity index (χ3v) is 4.93. The summed E-state index contributed by atoms with van der Waals surface area (Å²) in [6.07, 6.45) is 0. The molecule has 2 aromatic rings. The zero-order valence-electron chi connectivity index (χ0n) is 11.5. The van der Waals surface area contributed by atoms with Gasteiger partial charge >= 0.3 is 0 Å². The van der Waals surface area contributed by atoms with Crippen molar-refractivity contribution in [1.29, 1.82) is 0 Å². The highest BCUT2D eigenvalue weighted by molar-refractivity contribution is 8.00. The van der Waals surface area contributed by atoms with Gasteiger partial charge in [0.25, 0.3) is 0 Å². The lowest BCUT2D eigenvalue weighted by Crippen LogP contribution is -2.28. The van der Waals surface area contributed by atoms with E-state index in [0.717, 1.165) is 10.5 Å². The Labute approximate surface area is 138 Å². The van der Waals surface area contributed by atoms with Crippen LogP contribution in [0.4, 0.5) is 0 Å². The van der Waals surface area contributed by atoms with Crippen molar-refractivity contribution in [3.8, 4) is 0 Å². The van der Waals surface area contributed by atoms with Gasteiger partial charge in [0, 0.05) is 4.90 Å². The van der Waals surface area contributed by atoms with Gasteiger partial charge in [0.05, 0.1) is 21.8 Å². The number of amides is 1. The van der Waals surface area contributed by atoms with Gasteiger partial charge in [-0.2, -0.15) is 0 Å². The number of rotatable bonds is 5. The lowest BCUT2D eigenvalue weighted by molar-refractivity contribution is -0.119. The second kappa shape index (κ2) is 7.74. The van der Waals surface area contributed by atoms with Crippen molar-refractivity contribution in [2.45, 2.75) is 17.9 Å². The van der Waals surface area contributed by atoms with Gasteiger partial charge < -0.3 is 5.32 Å². The maximum atomic E-state index is 12.0. The van der Waals surface area contributed by atoms with Gasteiger partial charge in [-0.1, -0.05) is 59.6 Å². The first-order valence-electron chi connectivity index (χ1n) is 6.49. The summed E-state index contributed by atoms with van der Waals surface area (Å²) in [5.74, 6) is 0.230. The second-order valence-corrected chi connectivity index (χ2v) is 6.34. The van der Waals surface area contributed by atoms with E-state index in [2.05, 4.69) is 5.32 Å². The molecular weight excluding hydrogens is 325 g/mol. The van der Waals surface area contributed by atoms with Crippen LogP contribution in [0.15, 0.2) is 53.4 Å². The summed E-state index contributed by atoms with van der Waals surface area (Å²) in [7, 11) is 0. The molecule has 5 heteroatoms. The van der Waals surface area contributed by atoms with Crippen molar-refractivity contribution in [2.75, 3.05) is 5.75 Å². The molecule has 0 fully saturated rings. The number of carbonyl (C=O) groups excluding carboxylic acids is 1. The highest BCUT2D eigenvalue weighted by atomic mass is 35.5. The van der Waals surface area contributed by atoms with Crippen LogP contribution in [0, 0.1) is 0 Å². The quantitative estimate of drug-likeness (QED) is 0.779. The van der Waals surface area contributed by atoms with Gasteiger partial charge in [-0.15, -0.1) is 11.8 Å². The minimum Gasteiger partial charge on any atom is -0.349 e. The smallest absolute Gasteiger partial charge is 0.230 e. The van der Waals surface area contributed by atoms with Crippen LogP contribution in [0.25, 0.3) is 0 Å². The highest BCUT2D eigenvalue weighted by Gasteiger charge is 2.12. The SMILES string of the molecule is CC(NC(=O)CSc1c(Cl)cccc1Cl)c1ccccc1. The van der Waals surface area contributed by atoms with E-state index in [1.165, 1.54) is 11.8 Å². The molecule has 2 rings (SSSR count). The van der Waals surface area contributed by atoms with E-state index in [9.17, 15) is 4.79 Å². The molecule has 21 heavy (non-hydrogen) atoms. The van der Waals surface area contributed by atoms with Crippen LogP contribution in [0.3, 0.4) is 0 Å². The molecule has 0 spiro atoms. The predicted octanol–water partition coefficient (Wildman–Crippen LogP) is 4.96. The molecule has 1 N–H and O–H groups in total. The van der Waals surface area contributed by atoms with Crippen molar-refractivity contribution in [2.24, 2.45) is 0 Å². The molecule has 0 radical (unpaired) electrons. The van der Waals surface area contributed by atoms with Crippen LogP contribution >= 0.6 is 35.0 Å². The number of thioether (sulfide) groups is 1. The summed E-state index contributed by atoms with van der Waals surface area (Å²) in [5.41, 5.74) is 1.08. The summed E-state index contributed by atoms with van der Waals surface area (Å²) in [4.78, 5) is 12.7. The van der Waals surface area contributed by atoms with Crippen LogP contribution in [-0.2, 0) is 4.79 Å². The van der Waals surface area contributed by atoms with Crippen molar-refractivity contribution in [1.82, 2.24) is 5.32 Å². The average molecular weight is 340 g/mol. The molecule has 0 aliphatic carbocycles. The minimum atomic E-state index is -0.0488. The number of benzene rings is 2. The van der Waals surface area contributed by atoms with Crippen molar-refractivity contribution < 1.29 is 4.79 Å². The fraction of sp³-hybridized carbons (Fsp3) is 0.188. The summed E-state index contributed by atoms with van der Waals surface area (Å²) in [6.45, 7) is 1.96. The number of hydrogen-bond donors (Lipinski definition) is 1. The van der Waals surface area contributed by atoms with E-state index >= 15 is 0 Å². The second-order valence-electron chi connectivity index (χ2n) is 4.54. The summed E-state index contributed by atoms with van der Waals surface area (Å²) < 4.78 is 0. The van der Waals surface area contributed by atoms with Crippen LogP contribution in [-0.4, -0.2) is 11.7 Å². The zero-order valence-corrected chi connectivity index (χ0v) is 13.8. The Hall–Kier alpha value is -1.16. The van der Waals surface area contributed by atoms with E-state index in [0.29, 0.717) is 10.0 Å². The summed E-state index contributed by atoms with van der Waals surface area (Å²) in [5, 5.41) is 4.09.